The molecule has 0 radical (unpaired) electrons. The first-order valence-electron chi connectivity index (χ1n) is 5.76. The van der Waals surface area contributed by atoms with Gasteiger partial charge in [-0.1, -0.05) is 17.7 Å². The summed E-state index contributed by atoms with van der Waals surface area (Å²) in [4.78, 5) is 0. The summed E-state index contributed by atoms with van der Waals surface area (Å²) >= 11 is 12.4. The summed E-state index contributed by atoms with van der Waals surface area (Å²) < 4.78 is 18.6. The smallest absolute Gasteiger partial charge is 0.124 e. The van der Waals surface area contributed by atoms with Crippen LogP contribution in [0.15, 0.2) is 36.4 Å². The number of halogens is 3. The zero-order valence-electron chi connectivity index (χ0n) is 10.6. The number of rotatable bonds is 3. The second kappa shape index (κ2) is 5.81. The molecular weight excluding hydrogens is 286 g/mol. The molecule has 2 rings (SSSR count). The van der Waals surface area contributed by atoms with E-state index in [9.17, 15) is 4.39 Å². The first kappa shape index (κ1) is 14.2. The monoisotopic (exact) mass is 298 g/mol. The summed E-state index contributed by atoms with van der Waals surface area (Å²) in [6.07, 6.45) is 0. The summed E-state index contributed by atoms with van der Waals surface area (Å²) in [6.45, 7) is 1.93. The van der Waals surface area contributed by atoms with Gasteiger partial charge in [-0.15, -0.1) is 11.6 Å². The van der Waals surface area contributed by atoms with Gasteiger partial charge in [-0.05, 0) is 48.4 Å². The lowest BCUT2D eigenvalue weighted by Crippen LogP contribution is -1.99. The van der Waals surface area contributed by atoms with Crippen molar-refractivity contribution in [1.82, 2.24) is 0 Å². The quantitative estimate of drug-likeness (QED) is 0.714. The summed E-state index contributed by atoms with van der Waals surface area (Å²) in [5, 5.41) is 0.0964. The van der Waals surface area contributed by atoms with Crippen LogP contribution in [0, 0.1) is 12.7 Å². The van der Waals surface area contributed by atoms with Crippen molar-refractivity contribution in [2.45, 2.75) is 12.3 Å². The third kappa shape index (κ3) is 3.20. The van der Waals surface area contributed by atoms with Gasteiger partial charge < -0.3 is 4.74 Å². The lowest BCUT2D eigenvalue weighted by atomic mass is 10.0. The molecule has 0 aliphatic carbocycles. The highest BCUT2D eigenvalue weighted by molar-refractivity contribution is 6.31. The lowest BCUT2D eigenvalue weighted by Gasteiger charge is -2.15. The standard InChI is InChI=1S/C15H13Cl2FO/c1-9-5-10(7-11(16)6-9)15(17)13-8-12(18)3-4-14(13)19-2/h3-8,15H,1-2H3. The van der Waals surface area contributed by atoms with Crippen LogP contribution >= 0.6 is 23.2 Å². The summed E-state index contributed by atoms with van der Waals surface area (Å²) in [5.41, 5.74) is 2.41. The van der Waals surface area contributed by atoms with E-state index in [4.69, 9.17) is 27.9 Å². The Balaban J connectivity index is 2.48. The van der Waals surface area contributed by atoms with Crippen molar-refractivity contribution in [1.29, 1.82) is 0 Å². The molecule has 1 atom stereocenters. The van der Waals surface area contributed by atoms with Crippen molar-refractivity contribution >= 4 is 23.2 Å². The Kier molecular flexibility index (Phi) is 4.33. The highest BCUT2D eigenvalue weighted by Crippen LogP contribution is 2.36. The molecule has 0 aliphatic heterocycles. The molecule has 0 amide bonds. The average Bonchev–Trinajstić information content (AvgIpc) is 2.36. The molecule has 1 unspecified atom stereocenters. The zero-order valence-corrected chi connectivity index (χ0v) is 12.1. The van der Waals surface area contributed by atoms with E-state index in [1.165, 1.54) is 19.2 Å². The van der Waals surface area contributed by atoms with Crippen LogP contribution in [0.5, 0.6) is 5.75 Å². The van der Waals surface area contributed by atoms with Crippen molar-refractivity contribution in [3.8, 4) is 5.75 Å². The Morgan fingerprint density at radius 3 is 2.53 bits per heavy atom. The lowest BCUT2D eigenvalue weighted by molar-refractivity contribution is 0.409. The van der Waals surface area contributed by atoms with Crippen LogP contribution in [0.2, 0.25) is 5.02 Å². The predicted molar refractivity (Wildman–Crippen MR) is 76.8 cm³/mol. The van der Waals surface area contributed by atoms with Crippen molar-refractivity contribution in [2.75, 3.05) is 7.11 Å². The number of benzene rings is 2. The van der Waals surface area contributed by atoms with Crippen molar-refractivity contribution in [2.24, 2.45) is 0 Å². The third-order valence-corrected chi connectivity index (χ3v) is 3.53. The number of ether oxygens (including phenoxy) is 1. The fourth-order valence-corrected chi connectivity index (χ4v) is 2.59. The normalized spacial score (nSPS) is 12.3. The largest absolute Gasteiger partial charge is 0.496 e. The summed E-state index contributed by atoms with van der Waals surface area (Å²) in [5.74, 6) is 0.208. The van der Waals surface area contributed by atoms with Gasteiger partial charge >= 0.3 is 0 Å². The molecule has 4 heteroatoms. The fourth-order valence-electron chi connectivity index (χ4n) is 1.99. The van der Waals surface area contributed by atoms with Gasteiger partial charge in [0.25, 0.3) is 0 Å². The Morgan fingerprint density at radius 1 is 1.16 bits per heavy atom. The minimum atomic E-state index is -0.511. The van der Waals surface area contributed by atoms with E-state index in [0.29, 0.717) is 16.3 Å². The van der Waals surface area contributed by atoms with E-state index in [1.54, 1.807) is 12.1 Å². The topological polar surface area (TPSA) is 9.23 Å². The molecule has 0 aliphatic rings. The molecule has 100 valence electrons. The van der Waals surface area contributed by atoms with E-state index in [1.807, 2.05) is 19.1 Å². The van der Waals surface area contributed by atoms with Gasteiger partial charge in [-0.3, -0.25) is 0 Å². The second-order valence-electron chi connectivity index (χ2n) is 4.31. The third-order valence-electron chi connectivity index (χ3n) is 2.82. The van der Waals surface area contributed by atoms with Crippen LogP contribution < -0.4 is 4.74 Å². The number of methoxy groups -OCH3 is 1. The van der Waals surface area contributed by atoms with E-state index >= 15 is 0 Å². The first-order chi connectivity index (χ1) is 9.01. The molecule has 0 heterocycles. The highest BCUT2D eigenvalue weighted by atomic mass is 35.5. The molecule has 0 bridgehead atoms. The van der Waals surface area contributed by atoms with E-state index in [2.05, 4.69) is 0 Å². The van der Waals surface area contributed by atoms with Crippen LogP contribution in [0.4, 0.5) is 4.39 Å². The molecule has 2 aromatic rings. The zero-order chi connectivity index (χ0) is 14.0. The van der Waals surface area contributed by atoms with Crippen LogP contribution in [-0.2, 0) is 0 Å². The maximum atomic E-state index is 13.4. The number of hydrogen-bond donors (Lipinski definition) is 0. The molecule has 0 spiro atoms. The second-order valence-corrected chi connectivity index (χ2v) is 5.18. The highest BCUT2D eigenvalue weighted by Gasteiger charge is 2.17. The summed E-state index contributed by atoms with van der Waals surface area (Å²) in [7, 11) is 1.53. The van der Waals surface area contributed by atoms with Gasteiger partial charge in [0, 0.05) is 10.6 Å². The SMILES string of the molecule is COc1ccc(F)cc1C(Cl)c1cc(C)cc(Cl)c1. The van der Waals surface area contributed by atoms with Gasteiger partial charge in [0.1, 0.15) is 11.6 Å². The van der Waals surface area contributed by atoms with Crippen molar-refractivity contribution in [3.05, 3.63) is 63.9 Å². The van der Waals surface area contributed by atoms with Gasteiger partial charge in [0.2, 0.25) is 0 Å². The maximum absolute atomic E-state index is 13.4. The number of alkyl halides is 1. The molecule has 0 fully saturated rings. The Bertz CT molecular complexity index is 578. The molecule has 2 aromatic carbocycles. The van der Waals surface area contributed by atoms with Gasteiger partial charge in [0.15, 0.2) is 0 Å². The predicted octanol–water partition coefficient (Wildman–Crippen LogP) is 5.12. The van der Waals surface area contributed by atoms with Crippen LogP contribution in [0.3, 0.4) is 0 Å². The molecule has 0 aromatic heterocycles. The molecule has 1 nitrogen and oxygen atoms in total. The Hall–Kier alpha value is -1.25. The van der Waals surface area contributed by atoms with Crippen LogP contribution in [0.25, 0.3) is 0 Å². The Morgan fingerprint density at radius 2 is 1.89 bits per heavy atom. The van der Waals surface area contributed by atoms with E-state index in [0.717, 1.165) is 11.1 Å². The molecular formula is C15H13Cl2FO. The minimum Gasteiger partial charge on any atom is -0.496 e. The number of hydrogen-bond acceptors (Lipinski definition) is 1. The first-order valence-corrected chi connectivity index (χ1v) is 6.57. The molecule has 0 saturated heterocycles. The van der Waals surface area contributed by atoms with Crippen molar-refractivity contribution < 1.29 is 9.13 Å². The van der Waals surface area contributed by atoms with E-state index in [-0.39, 0.29) is 5.82 Å². The molecule has 0 saturated carbocycles. The maximum Gasteiger partial charge on any atom is 0.124 e. The van der Waals surface area contributed by atoms with Gasteiger partial charge in [-0.25, -0.2) is 4.39 Å². The van der Waals surface area contributed by atoms with E-state index < -0.39 is 5.38 Å². The number of aryl methyl sites for hydroxylation is 1. The Labute approximate surface area is 121 Å². The fraction of sp³-hybridized carbons (Fsp3) is 0.200. The molecule has 19 heavy (non-hydrogen) atoms. The average molecular weight is 299 g/mol. The minimum absolute atomic E-state index is 0.347. The molecule has 0 N–H and O–H groups in total. The summed E-state index contributed by atoms with van der Waals surface area (Å²) in [6, 6.07) is 9.83. The van der Waals surface area contributed by atoms with Gasteiger partial charge in [0.05, 0.1) is 12.5 Å². The van der Waals surface area contributed by atoms with Crippen LogP contribution in [0.1, 0.15) is 22.1 Å². The van der Waals surface area contributed by atoms with Crippen LogP contribution in [-0.4, -0.2) is 7.11 Å². The van der Waals surface area contributed by atoms with Gasteiger partial charge in [-0.2, -0.15) is 0 Å². The van der Waals surface area contributed by atoms with Crippen molar-refractivity contribution in [3.63, 3.8) is 0 Å².